The molecule has 0 spiro atoms. The summed E-state index contributed by atoms with van der Waals surface area (Å²) in [5.74, 6) is -1.16. The lowest BCUT2D eigenvalue weighted by Gasteiger charge is -2.17. The van der Waals surface area contributed by atoms with Crippen molar-refractivity contribution in [2.75, 3.05) is 0 Å². The number of fused-ring (bicyclic) bond motifs is 1. The van der Waals surface area contributed by atoms with Crippen molar-refractivity contribution in [1.82, 2.24) is 16.1 Å². The van der Waals surface area contributed by atoms with E-state index in [1.54, 1.807) is 0 Å². The fourth-order valence-electron chi connectivity index (χ4n) is 0.799. The van der Waals surface area contributed by atoms with Crippen LogP contribution in [-0.4, -0.2) is 23.8 Å². The molecule has 0 radical (unpaired) electrons. The highest BCUT2D eigenvalue weighted by atomic mass is 16.8. The minimum atomic E-state index is -0.729. The molecule has 0 bridgehead atoms. The number of hydrogen-bond acceptors (Lipinski definition) is 5. The summed E-state index contributed by atoms with van der Waals surface area (Å²) >= 11 is 0. The van der Waals surface area contributed by atoms with Gasteiger partial charge in [-0.25, -0.2) is 0 Å². The molecule has 2 amide bonds. The van der Waals surface area contributed by atoms with Gasteiger partial charge in [-0.05, 0) is 5.16 Å². The van der Waals surface area contributed by atoms with Gasteiger partial charge in [0.1, 0.15) is 0 Å². The first-order valence-electron chi connectivity index (χ1n) is 2.88. The number of oxime groups is 1. The summed E-state index contributed by atoms with van der Waals surface area (Å²) in [6, 6.07) is 0. The third-order valence-corrected chi connectivity index (χ3v) is 1.31. The van der Waals surface area contributed by atoms with E-state index in [1.807, 2.05) is 0 Å². The molecular formula is C4H4N4O3. The van der Waals surface area contributed by atoms with Crippen molar-refractivity contribution in [1.29, 1.82) is 0 Å². The maximum absolute atomic E-state index is 10.7. The van der Waals surface area contributed by atoms with Crippen LogP contribution in [0.25, 0.3) is 0 Å². The van der Waals surface area contributed by atoms with Crippen LogP contribution in [-0.2, 0) is 14.5 Å². The van der Waals surface area contributed by atoms with Crippen molar-refractivity contribution >= 4 is 17.6 Å². The molecule has 2 rings (SSSR count). The zero-order chi connectivity index (χ0) is 7.84. The van der Waals surface area contributed by atoms with E-state index in [0.717, 1.165) is 0 Å². The normalized spacial score (nSPS) is 28.0. The van der Waals surface area contributed by atoms with Gasteiger partial charge in [-0.2, -0.15) is 0 Å². The smallest absolute Gasteiger partial charge is 0.314 e. The maximum Gasteiger partial charge on any atom is 0.314 e. The van der Waals surface area contributed by atoms with Crippen molar-refractivity contribution in [3.05, 3.63) is 0 Å². The summed E-state index contributed by atoms with van der Waals surface area (Å²) < 4.78 is 0. The number of amides is 2. The molecule has 2 aliphatic rings. The molecule has 0 aromatic heterocycles. The van der Waals surface area contributed by atoms with Crippen LogP contribution in [0.5, 0.6) is 0 Å². The van der Waals surface area contributed by atoms with Crippen LogP contribution >= 0.6 is 0 Å². The van der Waals surface area contributed by atoms with Crippen molar-refractivity contribution < 1.29 is 14.5 Å². The van der Waals surface area contributed by atoms with E-state index in [-0.39, 0.29) is 5.84 Å². The van der Waals surface area contributed by atoms with E-state index in [2.05, 4.69) is 26.2 Å². The molecular weight excluding hydrogens is 152 g/mol. The minimum Gasteiger partial charge on any atom is -0.323 e. The van der Waals surface area contributed by atoms with Crippen LogP contribution in [0.1, 0.15) is 0 Å². The van der Waals surface area contributed by atoms with E-state index in [4.69, 9.17) is 0 Å². The highest BCUT2D eigenvalue weighted by Gasteiger charge is 2.34. The Morgan fingerprint density at radius 1 is 1.36 bits per heavy atom. The molecule has 0 aromatic carbocycles. The van der Waals surface area contributed by atoms with Crippen LogP contribution < -0.4 is 16.1 Å². The fraction of sp³-hybridized carbons (Fsp3) is 0.250. The second-order valence-corrected chi connectivity index (χ2v) is 2.05. The van der Waals surface area contributed by atoms with E-state index in [9.17, 15) is 9.59 Å². The van der Waals surface area contributed by atoms with Gasteiger partial charge in [0.2, 0.25) is 0 Å². The van der Waals surface area contributed by atoms with Crippen LogP contribution in [0.4, 0.5) is 0 Å². The number of carbonyl (C=O) groups is 2. The third-order valence-electron chi connectivity index (χ3n) is 1.31. The molecule has 0 saturated carbocycles. The van der Waals surface area contributed by atoms with Gasteiger partial charge in [0, 0.05) is 0 Å². The third kappa shape index (κ3) is 0.819. The van der Waals surface area contributed by atoms with Crippen molar-refractivity contribution in [2.24, 2.45) is 5.16 Å². The number of rotatable bonds is 0. The van der Waals surface area contributed by atoms with Crippen molar-refractivity contribution in [3.63, 3.8) is 0 Å². The standard InChI is InChI=1S/C4H4N4O3/c9-3-4(10)6-2-1(5-3)7-11-8-2/h1,7H,(H,5,9)(H,6,8,10)/t1-/m1/s1. The predicted octanol–water partition coefficient (Wildman–Crippen LogP) is -2.59. The minimum absolute atomic E-state index is 0.273. The zero-order valence-electron chi connectivity index (χ0n) is 5.25. The Morgan fingerprint density at radius 3 is 3.00 bits per heavy atom. The summed E-state index contributed by atoms with van der Waals surface area (Å²) in [6.07, 6.45) is -0.528. The molecule has 0 aromatic rings. The second kappa shape index (κ2) is 1.92. The number of carbonyl (C=O) groups excluding carboxylic acids is 2. The van der Waals surface area contributed by atoms with Gasteiger partial charge in [0.25, 0.3) is 0 Å². The maximum atomic E-state index is 10.7. The molecule has 58 valence electrons. The largest absolute Gasteiger partial charge is 0.323 e. The van der Waals surface area contributed by atoms with Crippen LogP contribution in [0.2, 0.25) is 0 Å². The highest BCUT2D eigenvalue weighted by molar-refractivity contribution is 6.40. The van der Waals surface area contributed by atoms with Gasteiger partial charge >= 0.3 is 11.8 Å². The number of hydroxylamine groups is 1. The molecule has 1 fully saturated rings. The van der Waals surface area contributed by atoms with Crippen molar-refractivity contribution in [2.45, 2.75) is 6.17 Å². The van der Waals surface area contributed by atoms with Gasteiger partial charge in [-0.3, -0.25) is 19.8 Å². The van der Waals surface area contributed by atoms with Crippen LogP contribution in [0.3, 0.4) is 0 Å². The Balaban J connectivity index is 2.22. The topological polar surface area (TPSA) is 91.8 Å². The summed E-state index contributed by atoms with van der Waals surface area (Å²) in [5.41, 5.74) is 2.36. The number of piperazine rings is 1. The number of amidine groups is 1. The molecule has 7 nitrogen and oxygen atoms in total. The van der Waals surface area contributed by atoms with Crippen LogP contribution in [0, 0.1) is 0 Å². The Morgan fingerprint density at radius 2 is 2.18 bits per heavy atom. The second-order valence-electron chi connectivity index (χ2n) is 2.05. The molecule has 2 aliphatic heterocycles. The average Bonchev–Trinajstić information content (AvgIpc) is 2.36. The first kappa shape index (κ1) is 6.10. The molecule has 1 atom stereocenters. The van der Waals surface area contributed by atoms with Gasteiger partial charge < -0.3 is 5.32 Å². The van der Waals surface area contributed by atoms with Crippen molar-refractivity contribution in [3.8, 4) is 0 Å². The monoisotopic (exact) mass is 156 g/mol. The average molecular weight is 156 g/mol. The lowest BCUT2D eigenvalue weighted by molar-refractivity contribution is -0.139. The number of nitrogens with zero attached hydrogens (tertiary/aromatic N) is 1. The molecule has 0 aliphatic carbocycles. The van der Waals surface area contributed by atoms with E-state index >= 15 is 0 Å². The van der Waals surface area contributed by atoms with E-state index in [0.29, 0.717) is 0 Å². The Hall–Kier alpha value is -1.63. The first-order valence-corrected chi connectivity index (χ1v) is 2.88. The van der Waals surface area contributed by atoms with Gasteiger partial charge in [0.15, 0.2) is 12.0 Å². The summed E-state index contributed by atoms with van der Waals surface area (Å²) in [5, 5.41) is 7.95. The molecule has 0 unspecified atom stereocenters. The zero-order valence-corrected chi connectivity index (χ0v) is 5.25. The van der Waals surface area contributed by atoms with Crippen LogP contribution in [0.15, 0.2) is 5.16 Å². The molecule has 3 N–H and O–H groups in total. The van der Waals surface area contributed by atoms with E-state index < -0.39 is 18.0 Å². The summed E-state index contributed by atoms with van der Waals surface area (Å²) in [6.45, 7) is 0. The number of hydrogen-bond donors (Lipinski definition) is 3. The molecule has 7 heteroatoms. The Kier molecular flexibility index (Phi) is 1.07. The lowest BCUT2D eigenvalue weighted by atomic mass is 10.3. The number of nitrogens with one attached hydrogen (secondary N) is 3. The van der Waals surface area contributed by atoms with E-state index in [1.165, 1.54) is 0 Å². The quantitative estimate of drug-likeness (QED) is 0.335. The van der Waals surface area contributed by atoms with Gasteiger partial charge in [-0.15, -0.1) is 0 Å². The predicted molar refractivity (Wildman–Crippen MR) is 31.7 cm³/mol. The molecule has 2 heterocycles. The summed E-state index contributed by atoms with van der Waals surface area (Å²) in [7, 11) is 0. The van der Waals surface area contributed by atoms with Gasteiger partial charge in [0.05, 0.1) is 0 Å². The Bertz CT molecular complexity index is 260. The fourth-order valence-corrected chi connectivity index (χ4v) is 0.799. The van der Waals surface area contributed by atoms with Gasteiger partial charge in [-0.1, -0.05) is 5.48 Å². The molecule has 1 saturated heterocycles. The first-order chi connectivity index (χ1) is 5.27. The SMILES string of the molecule is O=C1NC2=NON[C@H]2NC1=O. The molecule has 11 heavy (non-hydrogen) atoms. The Labute approximate surface area is 60.7 Å². The highest BCUT2D eigenvalue weighted by Crippen LogP contribution is 1.97. The summed E-state index contributed by atoms with van der Waals surface area (Å²) in [4.78, 5) is 25.7. The lowest BCUT2D eigenvalue weighted by Crippen LogP contribution is -2.61.